The fourth-order valence-corrected chi connectivity index (χ4v) is 1.78. The van der Waals surface area contributed by atoms with E-state index in [2.05, 4.69) is 0 Å². The summed E-state index contributed by atoms with van der Waals surface area (Å²) >= 11 is 0. The third-order valence-electron chi connectivity index (χ3n) is 1.53. The van der Waals surface area contributed by atoms with Crippen LogP contribution in [0.3, 0.4) is 0 Å². The molecular formula is C5H12N2O3S. The summed E-state index contributed by atoms with van der Waals surface area (Å²) in [7, 11) is -3.09. The van der Waals surface area contributed by atoms with Gasteiger partial charge in [-0.2, -0.15) is 4.31 Å². The molecule has 2 N–H and O–H groups in total. The molecule has 0 aliphatic carbocycles. The second-order valence-corrected chi connectivity index (χ2v) is 4.51. The van der Waals surface area contributed by atoms with Gasteiger partial charge in [0, 0.05) is 6.54 Å². The first-order valence-corrected chi connectivity index (χ1v) is 5.17. The lowest BCUT2D eigenvalue weighted by atomic mass is 10.5. The largest absolute Gasteiger partial charge is 0.361 e. The summed E-state index contributed by atoms with van der Waals surface area (Å²) < 4.78 is 28.2. The SMILES string of the molecule is CS(=O)(=O)N1CCOC(N)C1. The van der Waals surface area contributed by atoms with Crippen molar-refractivity contribution < 1.29 is 13.2 Å². The molecule has 1 aliphatic heterocycles. The van der Waals surface area contributed by atoms with E-state index in [1.807, 2.05) is 0 Å². The Morgan fingerprint density at radius 3 is 2.64 bits per heavy atom. The Morgan fingerprint density at radius 1 is 1.64 bits per heavy atom. The van der Waals surface area contributed by atoms with Gasteiger partial charge in [0.2, 0.25) is 10.0 Å². The van der Waals surface area contributed by atoms with E-state index < -0.39 is 16.3 Å². The summed E-state index contributed by atoms with van der Waals surface area (Å²) in [5, 5.41) is 0. The molecule has 1 saturated heterocycles. The Labute approximate surface area is 66.2 Å². The molecule has 0 bridgehead atoms. The van der Waals surface area contributed by atoms with E-state index >= 15 is 0 Å². The van der Waals surface area contributed by atoms with Gasteiger partial charge in [0.05, 0.1) is 19.4 Å². The number of ether oxygens (including phenoxy) is 1. The Kier molecular flexibility index (Phi) is 2.48. The summed E-state index contributed by atoms with van der Waals surface area (Å²) in [5.74, 6) is 0. The van der Waals surface area contributed by atoms with Gasteiger partial charge in [-0.25, -0.2) is 8.42 Å². The fourth-order valence-electron chi connectivity index (χ4n) is 0.952. The van der Waals surface area contributed by atoms with E-state index in [1.165, 1.54) is 10.6 Å². The van der Waals surface area contributed by atoms with Gasteiger partial charge in [-0.1, -0.05) is 0 Å². The molecule has 0 saturated carbocycles. The van der Waals surface area contributed by atoms with Crippen molar-refractivity contribution in [1.82, 2.24) is 4.31 Å². The topological polar surface area (TPSA) is 72.6 Å². The molecule has 0 radical (unpaired) electrons. The number of nitrogens with two attached hydrogens (primary N) is 1. The molecule has 66 valence electrons. The van der Waals surface area contributed by atoms with Crippen LogP contribution in [0.2, 0.25) is 0 Å². The van der Waals surface area contributed by atoms with E-state index in [0.29, 0.717) is 13.2 Å². The lowest BCUT2D eigenvalue weighted by Gasteiger charge is -2.28. The summed E-state index contributed by atoms with van der Waals surface area (Å²) in [6, 6.07) is 0. The third-order valence-corrected chi connectivity index (χ3v) is 2.79. The molecule has 1 heterocycles. The normalized spacial score (nSPS) is 28.7. The van der Waals surface area contributed by atoms with Crippen molar-refractivity contribution in [3.8, 4) is 0 Å². The average Bonchev–Trinajstić information content (AvgIpc) is 1.86. The first-order chi connectivity index (χ1) is 5.00. The standard InChI is InChI=1S/C5H12N2O3S/c1-11(8,9)7-2-3-10-5(6)4-7/h5H,2-4,6H2,1H3. The van der Waals surface area contributed by atoms with E-state index in [9.17, 15) is 8.42 Å². The Morgan fingerprint density at radius 2 is 2.27 bits per heavy atom. The van der Waals surface area contributed by atoms with E-state index in [-0.39, 0.29) is 6.54 Å². The zero-order valence-electron chi connectivity index (χ0n) is 6.36. The predicted molar refractivity (Wildman–Crippen MR) is 40.3 cm³/mol. The van der Waals surface area contributed by atoms with Crippen LogP contribution in [0.1, 0.15) is 0 Å². The number of rotatable bonds is 1. The van der Waals surface area contributed by atoms with Gasteiger partial charge in [-0.05, 0) is 0 Å². The maximum Gasteiger partial charge on any atom is 0.211 e. The molecule has 0 aromatic heterocycles. The molecule has 0 aromatic carbocycles. The van der Waals surface area contributed by atoms with E-state index in [0.717, 1.165) is 0 Å². The molecular weight excluding hydrogens is 168 g/mol. The highest BCUT2D eigenvalue weighted by Crippen LogP contribution is 2.04. The number of hydrogen-bond acceptors (Lipinski definition) is 4. The lowest BCUT2D eigenvalue weighted by Crippen LogP contribution is -2.48. The number of hydrogen-bond donors (Lipinski definition) is 1. The predicted octanol–water partition coefficient (Wildman–Crippen LogP) is -1.44. The summed E-state index contributed by atoms with van der Waals surface area (Å²) in [6.45, 7) is 1.06. The second-order valence-electron chi connectivity index (χ2n) is 2.53. The van der Waals surface area contributed by atoms with Crippen LogP contribution in [0.4, 0.5) is 0 Å². The molecule has 0 spiro atoms. The zero-order chi connectivity index (χ0) is 8.48. The van der Waals surface area contributed by atoms with Gasteiger partial charge in [-0.15, -0.1) is 0 Å². The molecule has 1 fully saturated rings. The van der Waals surface area contributed by atoms with Crippen LogP contribution in [0, 0.1) is 0 Å². The van der Waals surface area contributed by atoms with Crippen LogP contribution in [-0.2, 0) is 14.8 Å². The molecule has 6 heteroatoms. The minimum atomic E-state index is -3.09. The molecule has 11 heavy (non-hydrogen) atoms. The Hall–Kier alpha value is -0.170. The summed E-state index contributed by atoms with van der Waals surface area (Å²) in [6.07, 6.45) is 0.698. The van der Waals surface area contributed by atoms with E-state index in [1.54, 1.807) is 0 Å². The molecule has 1 rings (SSSR count). The third kappa shape index (κ3) is 2.41. The molecule has 1 atom stereocenters. The van der Waals surface area contributed by atoms with Gasteiger partial charge in [0.25, 0.3) is 0 Å². The highest BCUT2D eigenvalue weighted by Gasteiger charge is 2.23. The van der Waals surface area contributed by atoms with Crippen LogP contribution < -0.4 is 5.73 Å². The van der Waals surface area contributed by atoms with Crippen molar-refractivity contribution in [3.63, 3.8) is 0 Å². The maximum absolute atomic E-state index is 10.9. The van der Waals surface area contributed by atoms with Gasteiger partial charge in [0.15, 0.2) is 0 Å². The van der Waals surface area contributed by atoms with Gasteiger partial charge < -0.3 is 10.5 Å². The minimum absolute atomic E-state index is 0.263. The van der Waals surface area contributed by atoms with Crippen molar-refractivity contribution in [2.24, 2.45) is 5.73 Å². The summed E-state index contributed by atoms with van der Waals surface area (Å²) in [5.41, 5.74) is 5.39. The van der Waals surface area contributed by atoms with Crippen molar-refractivity contribution in [3.05, 3.63) is 0 Å². The van der Waals surface area contributed by atoms with Crippen LogP contribution >= 0.6 is 0 Å². The zero-order valence-corrected chi connectivity index (χ0v) is 7.17. The minimum Gasteiger partial charge on any atom is -0.361 e. The van der Waals surface area contributed by atoms with Crippen LogP contribution in [0.25, 0.3) is 0 Å². The molecule has 0 aromatic rings. The fraction of sp³-hybridized carbons (Fsp3) is 1.00. The first-order valence-electron chi connectivity index (χ1n) is 3.32. The molecule has 0 amide bonds. The van der Waals surface area contributed by atoms with Gasteiger partial charge in [0.1, 0.15) is 6.23 Å². The van der Waals surface area contributed by atoms with Crippen molar-refractivity contribution in [2.45, 2.75) is 6.23 Å². The average molecular weight is 180 g/mol. The number of nitrogens with zero attached hydrogens (tertiary/aromatic N) is 1. The van der Waals surface area contributed by atoms with E-state index in [4.69, 9.17) is 10.5 Å². The Balaban J connectivity index is 2.60. The highest BCUT2D eigenvalue weighted by molar-refractivity contribution is 7.88. The number of sulfonamides is 1. The van der Waals surface area contributed by atoms with Crippen LogP contribution in [-0.4, -0.2) is 44.9 Å². The Bertz CT molecular complexity index is 226. The highest BCUT2D eigenvalue weighted by atomic mass is 32.2. The molecule has 1 aliphatic rings. The number of morpholine rings is 1. The second kappa shape index (κ2) is 3.06. The molecule has 5 nitrogen and oxygen atoms in total. The summed E-state index contributed by atoms with van der Waals surface area (Å²) in [4.78, 5) is 0. The maximum atomic E-state index is 10.9. The van der Waals surface area contributed by atoms with Crippen LogP contribution in [0.5, 0.6) is 0 Å². The smallest absolute Gasteiger partial charge is 0.211 e. The van der Waals surface area contributed by atoms with Gasteiger partial charge in [-0.3, -0.25) is 0 Å². The van der Waals surface area contributed by atoms with Gasteiger partial charge >= 0.3 is 0 Å². The molecule has 1 unspecified atom stereocenters. The lowest BCUT2D eigenvalue weighted by molar-refractivity contribution is 0.00316. The first kappa shape index (κ1) is 8.92. The monoisotopic (exact) mass is 180 g/mol. The van der Waals surface area contributed by atoms with Crippen molar-refractivity contribution in [2.75, 3.05) is 26.0 Å². The van der Waals surface area contributed by atoms with Crippen molar-refractivity contribution >= 4 is 10.0 Å². The quantitative estimate of drug-likeness (QED) is 0.536. The van der Waals surface area contributed by atoms with Crippen LogP contribution in [0.15, 0.2) is 0 Å². The van der Waals surface area contributed by atoms with Crippen molar-refractivity contribution in [1.29, 1.82) is 0 Å².